The van der Waals surface area contributed by atoms with E-state index in [0.717, 1.165) is 11.3 Å². The molecule has 6 nitrogen and oxygen atoms in total. The van der Waals surface area contributed by atoms with Crippen molar-refractivity contribution in [2.45, 2.75) is 57.4 Å². The molecule has 26 heavy (non-hydrogen) atoms. The number of ether oxygens (including phenoxy) is 1. The molecule has 2 aromatic rings. The SMILES string of the molecule is COc1ccccc1CCNS(=O)(=O)c1cn(C(C)C)nc1C(C)(C)C. The van der Waals surface area contributed by atoms with Gasteiger partial charge in [0.15, 0.2) is 0 Å². The summed E-state index contributed by atoms with van der Waals surface area (Å²) in [6.45, 7) is 10.1. The standard InChI is InChI=1S/C19H29N3O3S/c1-14(2)22-13-17(18(21-22)19(3,4)5)26(23,24)20-12-11-15-9-7-8-10-16(15)25-6/h7-10,13-14,20H,11-12H2,1-6H3. The summed E-state index contributed by atoms with van der Waals surface area (Å²) in [4.78, 5) is 0.249. The van der Waals surface area contributed by atoms with Crippen molar-refractivity contribution in [3.05, 3.63) is 41.7 Å². The summed E-state index contributed by atoms with van der Waals surface area (Å²) in [5.41, 5.74) is 1.18. The monoisotopic (exact) mass is 379 g/mol. The molecular weight excluding hydrogens is 350 g/mol. The van der Waals surface area contributed by atoms with Crippen LogP contribution in [0.2, 0.25) is 0 Å². The molecule has 7 heteroatoms. The Bertz CT molecular complexity index is 849. The molecule has 0 aliphatic rings. The van der Waals surface area contributed by atoms with E-state index in [1.165, 1.54) is 0 Å². The van der Waals surface area contributed by atoms with Gasteiger partial charge in [-0.2, -0.15) is 5.10 Å². The molecule has 1 aromatic carbocycles. The third-order valence-electron chi connectivity index (χ3n) is 4.11. The maximum atomic E-state index is 12.9. The zero-order valence-corrected chi connectivity index (χ0v) is 17.2. The average Bonchev–Trinajstić information content (AvgIpc) is 3.02. The van der Waals surface area contributed by atoms with Gasteiger partial charge in [0.1, 0.15) is 10.6 Å². The number of rotatable bonds is 7. The maximum absolute atomic E-state index is 12.9. The molecule has 0 aliphatic heterocycles. The number of sulfonamides is 1. The van der Waals surface area contributed by atoms with Crippen molar-refractivity contribution in [2.24, 2.45) is 0 Å². The Balaban J connectivity index is 2.22. The molecule has 0 amide bonds. The van der Waals surface area contributed by atoms with Crippen LogP contribution in [0.1, 0.15) is 51.9 Å². The topological polar surface area (TPSA) is 73.2 Å². The molecule has 1 heterocycles. The predicted octanol–water partition coefficient (Wildman–Crippen LogP) is 3.29. The number of nitrogens with one attached hydrogen (secondary N) is 1. The molecule has 2 rings (SSSR count). The van der Waals surface area contributed by atoms with E-state index in [4.69, 9.17) is 4.74 Å². The fraction of sp³-hybridized carbons (Fsp3) is 0.526. The van der Waals surface area contributed by atoms with Crippen LogP contribution in [-0.2, 0) is 21.9 Å². The van der Waals surface area contributed by atoms with Crippen LogP contribution in [0.5, 0.6) is 5.75 Å². The number of aromatic nitrogens is 2. The number of benzene rings is 1. The quantitative estimate of drug-likeness (QED) is 0.801. The van der Waals surface area contributed by atoms with Crippen molar-refractivity contribution in [1.29, 1.82) is 0 Å². The average molecular weight is 380 g/mol. The van der Waals surface area contributed by atoms with Gasteiger partial charge in [0.05, 0.1) is 12.8 Å². The molecule has 0 aliphatic carbocycles. The van der Waals surface area contributed by atoms with Crippen LogP contribution in [0.4, 0.5) is 0 Å². The first-order chi connectivity index (χ1) is 12.1. The highest BCUT2D eigenvalue weighted by Crippen LogP contribution is 2.28. The van der Waals surface area contributed by atoms with E-state index in [2.05, 4.69) is 9.82 Å². The summed E-state index contributed by atoms with van der Waals surface area (Å²) >= 11 is 0. The van der Waals surface area contributed by atoms with Gasteiger partial charge < -0.3 is 4.74 Å². The highest BCUT2D eigenvalue weighted by molar-refractivity contribution is 7.89. The summed E-state index contributed by atoms with van der Waals surface area (Å²) in [5.74, 6) is 0.759. The van der Waals surface area contributed by atoms with E-state index in [-0.39, 0.29) is 16.4 Å². The Morgan fingerprint density at radius 2 is 1.88 bits per heavy atom. The molecule has 0 radical (unpaired) electrons. The van der Waals surface area contributed by atoms with Gasteiger partial charge in [-0.25, -0.2) is 13.1 Å². The number of para-hydroxylation sites is 1. The second-order valence-electron chi connectivity index (χ2n) is 7.63. The van der Waals surface area contributed by atoms with Gasteiger partial charge in [-0.05, 0) is 31.9 Å². The first-order valence-electron chi connectivity index (χ1n) is 8.77. The maximum Gasteiger partial charge on any atom is 0.244 e. The molecule has 0 fully saturated rings. The van der Waals surface area contributed by atoms with Crippen LogP contribution < -0.4 is 9.46 Å². The molecule has 1 aromatic heterocycles. The van der Waals surface area contributed by atoms with Crippen molar-refractivity contribution in [3.63, 3.8) is 0 Å². The first-order valence-corrected chi connectivity index (χ1v) is 10.3. The Morgan fingerprint density at radius 1 is 1.23 bits per heavy atom. The minimum absolute atomic E-state index is 0.0913. The fourth-order valence-corrected chi connectivity index (χ4v) is 4.04. The zero-order chi connectivity index (χ0) is 19.5. The second kappa shape index (κ2) is 7.80. The van der Waals surface area contributed by atoms with Crippen LogP contribution in [0.3, 0.4) is 0 Å². The highest BCUT2D eigenvalue weighted by atomic mass is 32.2. The normalized spacial score (nSPS) is 12.6. The minimum Gasteiger partial charge on any atom is -0.496 e. The molecule has 0 saturated heterocycles. The number of nitrogens with zero attached hydrogens (tertiary/aromatic N) is 2. The van der Waals surface area contributed by atoms with Crippen LogP contribution in [0.25, 0.3) is 0 Å². The van der Waals surface area contributed by atoms with E-state index in [9.17, 15) is 8.42 Å². The van der Waals surface area contributed by atoms with E-state index in [0.29, 0.717) is 18.7 Å². The fourth-order valence-electron chi connectivity index (χ4n) is 2.66. The van der Waals surface area contributed by atoms with Crippen LogP contribution in [0.15, 0.2) is 35.4 Å². The zero-order valence-electron chi connectivity index (χ0n) is 16.4. The van der Waals surface area contributed by atoms with E-state index >= 15 is 0 Å². The van der Waals surface area contributed by atoms with E-state index < -0.39 is 10.0 Å². The lowest BCUT2D eigenvalue weighted by Crippen LogP contribution is -2.28. The van der Waals surface area contributed by atoms with Gasteiger partial charge in [-0.15, -0.1) is 0 Å². The molecule has 0 atom stereocenters. The smallest absolute Gasteiger partial charge is 0.244 e. The van der Waals surface area contributed by atoms with Gasteiger partial charge in [0, 0.05) is 24.2 Å². The van der Waals surface area contributed by atoms with Crippen molar-refractivity contribution in [1.82, 2.24) is 14.5 Å². The summed E-state index contributed by atoms with van der Waals surface area (Å²) in [5, 5.41) is 4.52. The van der Waals surface area contributed by atoms with Crippen molar-refractivity contribution in [3.8, 4) is 5.75 Å². The molecule has 0 saturated carbocycles. The van der Waals surface area contributed by atoms with Crippen molar-refractivity contribution in [2.75, 3.05) is 13.7 Å². The summed E-state index contributed by atoms with van der Waals surface area (Å²) < 4.78 is 35.5. The Labute approximate surface area is 156 Å². The lowest BCUT2D eigenvalue weighted by atomic mass is 9.92. The number of hydrogen-bond donors (Lipinski definition) is 1. The highest BCUT2D eigenvalue weighted by Gasteiger charge is 2.30. The number of hydrogen-bond acceptors (Lipinski definition) is 4. The molecule has 1 N–H and O–H groups in total. The van der Waals surface area contributed by atoms with Crippen LogP contribution in [-0.4, -0.2) is 31.9 Å². The molecule has 0 bridgehead atoms. The van der Waals surface area contributed by atoms with Gasteiger partial charge in [0.2, 0.25) is 10.0 Å². The molecule has 0 unspecified atom stereocenters. The van der Waals surface area contributed by atoms with Crippen molar-refractivity contribution >= 4 is 10.0 Å². The van der Waals surface area contributed by atoms with E-state index in [1.807, 2.05) is 58.9 Å². The summed E-state index contributed by atoms with van der Waals surface area (Å²) in [7, 11) is -2.04. The third-order valence-corrected chi connectivity index (χ3v) is 5.57. The number of methoxy groups -OCH3 is 1. The van der Waals surface area contributed by atoms with Crippen molar-refractivity contribution < 1.29 is 13.2 Å². The molecule has 144 valence electrons. The van der Waals surface area contributed by atoms with Gasteiger partial charge in [-0.3, -0.25) is 4.68 Å². The van der Waals surface area contributed by atoms with E-state index in [1.54, 1.807) is 18.0 Å². The predicted molar refractivity (Wildman–Crippen MR) is 103 cm³/mol. The Morgan fingerprint density at radius 3 is 2.46 bits per heavy atom. The van der Waals surface area contributed by atoms with Crippen LogP contribution >= 0.6 is 0 Å². The van der Waals surface area contributed by atoms with Crippen LogP contribution in [0, 0.1) is 0 Å². The largest absolute Gasteiger partial charge is 0.496 e. The Hall–Kier alpha value is -1.86. The lowest BCUT2D eigenvalue weighted by Gasteiger charge is -2.18. The minimum atomic E-state index is -3.65. The molecule has 0 spiro atoms. The Kier molecular flexibility index (Phi) is 6.13. The summed E-state index contributed by atoms with van der Waals surface area (Å²) in [6, 6.07) is 7.70. The van der Waals surface area contributed by atoms with Gasteiger partial charge >= 0.3 is 0 Å². The first kappa shape index (κ1) is 20.5. The summed E-state index contributed by atoms with van der Waals surface area (Å²) in [6.07, 6.45) is 2.17. The molecular formula is C19H29N3O3S. The van der Waals surface area contributed by atoms with Gasteiger partial charge in [0.25, 0.3) is 0 Å². The second-order valence-corrected chi connectivity index (χ2v) is 9.36. The van der Waals surface area contributed by atoms with Gasteiger partial charge in [-0.1, -0.05) is 39.0 Å². The third kappa shape index (κ3) is 4.65. The lowest BCUT2D eigenvalue weighted by molar-refractivity contribution is 0.409.